The molecule has 0 aliphatic carbocycles. The number of hydrogen-bond donors (Lipinski definition) is 2. The lowest BCUT2D eigenvalue weighted by molar-refractivity contribution is 0.155. The lowest BCUT2D eigenvalue weighted by Crippen LogP contribution is -2.24. The third-order valence-corrected chi connectivity index (χ3v) is 1.77. The van der Waals surface area contributed by atoms with Crippen molar-refractivity contribution < 1.29 is 5.11 Å². The van der Waals surface area contributed by atoms with E-state index in [0.717, 1.165) is 10.6 Å². The van der Waals surface area contributed by atoms with Gasteiger partial charge in [-0.05, 0) is 24.6 Å². The summed E-state index contributed by atoms with van der Waals surface area (Å²) in [4.78, 5) is 0. The van der Waals surface area contributed by atoms with E-state index in [1.807, 2.05) is 24.3 Å². The Hall–Kier alpha value is -0.280. The number of nitrogens with one attached hydrogen (secondary N) is 1. The summed E-state index contributed by atoms with van der Waals surface area (Å²) in [5.74, 6) is 0. The molecule has 1 aromatic carbocycles. The molecule has 0 fully saturated rings. The molecule has 2 nitrogen and oxygen atoms in total. The van der Waals surface area contributed by atoms with E-state index in [9.17, 15) is 0 Å². The van der Waals surface area contributed by atoms with E-state index < -0.39 is 6.23 Å². The highest BCUT2D eigenvalue weighted by atomic mass is 35.5. The first kappa shape index (κ1) is 12.7. The van der Waals surface area contributed by atoms with E-state index in [2.05, 4.69) is 5.32 Å². The lowest BCUT2D eigenvalue weighted by atomic mass is 10.2. The van der Waals surface area contributed by atoms with Gasteiger partial charge in [0.25, 0.3) is 0 Å². The minimum Gasteiger partial charge on any atom is -0.379 e. The third-order valence-electron chi connectivity index (χ3n) is 1.51. The molecule has 0 aliphatic heterocycles. The molecule has 1 aromatic rings. The van der Waals surface area contributed by atoms with Gasteiger partial charge in [-0.3, -0.25) is 5.32 Å². The Morgan fingerprint density at radius 2 is 1.92 bits per heavy atom. The van der Waals surface area contributed by atoms with Gasteiger partial charge in [0.15, 0.2) is 0 Å². The molecular formula is C9H13Cl2NO. The second kappa shape index (κ2) is 6.22. The first-order valence-corrected chi connectivity index (χ1v) is 4.22. The van der Waals surface area contributed by atoms with Gasteiger partial charge in [0.2, 0.25) is 0 Å². The highest BCUT2D eigenvalue weighted by Crippen LogP contribution is 2.08. The predicted octanol–water partition coefficient (Wildman–Crippen LogP) is 2.19. The molecule has 0 aromatic heterocycles. The maximum atomic E-state index is 8.93. The number of aliphatic hydroxyl groups is 1. The minimum absolute atomic E-state index is 0. The second-order valence-electron chi connectivity index (χ2n) is 2.68. The van der Waals surface area contributed by atoms with Gasteiger partial charge in [-0.1, -0.05) is 23.7 Å². The summed E-state index contributed by atoms with van der Waals surface area (Å²) in [7, 11) is 0. The third kappa shape index (κ3) is 5.11. The van der Waals surface area contributed by atoms with Crippen LogP contribution in [0.4, 0.5) is 0 Å². The van der Waals surface area contributed by atoms with Gasteiger partial charge in [0.1, 0.15) is 6.23 Å². The molecule has 0 saturated heterocycles. The highest BCUT2D eigenvalue weighted by molar-refractivity contribution is 6.30. The van der Waals surface area contributed by atoms with Crippen LogP contribution in [0.25, 0.3) is 0 Å². The second-order valence-corrected chi connectivity index (χ2v) is 3.12. The lowest BCUT2D eigenvalue weighted by Gasteiger charge is -2.06. The molecule has 1 rings (SSSR count). The summed E-state index contributed by atoms with van der Waals surface area (Å²) in [6.07, 6.45) is -0.472. The average molecular weight is 222 g/mol. The maximum absolute atomic E-state index is 8.93. The first-order valence-electron chi connectivity index (χ1n) is 3.84. The van der Waals surface area contributed by atoms with Gasteiger partial charge in [0, 0.05) is 11.6 Å². The average Bonchev–Trinajstić information content (AvgIpc) is 2.03. The van der Waals surface area contributed by atoms with Crippen molar-refractivity contribution in [2.24, 2.45) is 0 Å². The Morgan fingerprint density at radius 3 is 2.38 bits per heavy atom. The smallest absolute Gasteiger partial charge is 0.102 e. The molecule has 74 valence electrons. The van der Waals surface area contributed by atoms with Gasteiger partial charge in [-0.15, -0.1) is 12.4 Å². The summed E-state index contributed by atoms with van der Waals surface area (Å²) in [6.45, 7) is 2.35. The van der Waals surface area contributed by atoms with Crippen LogP contribution in [0, 0.1) is 0 Å². The van der Waals surface area contributed by atoms with E-state index in [1.165, 1.54) is 0 Å². The van der Waals surface area contributed by atoms with Crippen molar-refractivity contribution in [1.82, 2.24) is 5.32 Å². The Bertz CT molecular complexity index is 236. The predicted molar refractivity (Wildman–Crippen MR) is 57.2 cm³/mol. The van der Waals surface area contributed by atoms with Gasteiger partial charge >= 0.3 is 0 Å². The number of halogens is 2. The van der Waals surface area contributed by atoms with E-state index >= 15 is 0 Å². The van der Waals surface area contributed by atoms with E-state index in [1.54, 1.807) is 6.92 Å². The molecule has 2 N–H and O–H groups in total. The molecule has 4 heteroatoms. The SMILES string of the molecule is CC(O)NCc1ccc(Cl)cc1.Cl. The first-order chi connectivity index (χ1) is 5.68. The standard InChI is InChI=1S/C9H12ClNO.ClH/c1-7(12)11-6-8-2-4-9(10)5-3-8;/h2-5,7,11-12H,6H2,1H3;1H. The largest absolute Gasteiger partial charge is 0.379 e. The topological polar surface area (TPSA) is 32.3 Å². The van der Waals surface area contributed by atoms with Gasteiger partial charge in [-0.25, -0.2) is 0 Å². The normalized spacial score (nSPS) is 11.9. The van der Waals surface area contributed by atoms with Crippen LogP contribution in [-0.4, -0.2) is 11.3 Å². The minimum atomic E-state index is -0.472. The summed E-state index contributed by atoms with van der Waals surface area (Å²) in [5, 5.41) is 12.6. The van der Waals surface area contributed by atoms with Crippen molar-refractivity contribution in [3.63, 3.8) is 0 Å². The molecule has 0 amide bonds. The summed E-state index contributed by atoms with van der Waals surface area (Å²) >= 11 is 5.70. The summed E-state index contributed by atoms with van der Waals surface area (Å²) in [6, 6.07) is 7.52. The fourth-order valence-corrected chi connectivity index (χ4v) is 0.994. The fourth-order valence-electron chi connectivity index (χ4n) is 0.868. The Morgan fingerprint density at radius 1 is 1.38 bits per heavy atom. The van der Waals surface area contributed by atoms with Crippen LogP contribution in [0.1, 0.15) is 12.5 Å². The van der Waals surface area contributed by atoms with Crippen LogP contribution in [0.2, 0.25) is 5.02 Å². The molecule has 13 heavy (non-hydrogen) atoms. The van der Waals surface area contributed by atoms with Crippen molar-refractivity contribution >= 4 is 24.0 Å². The summed E-state index contributed by atoms with van der Waals surface area (Å²) in [5.41, 5.74) is 1.11. The number of benzene rings is 1. The van der Waals surface area contributed by atoms with Crippen molar-refractivity contribution in [2.75, 3.05) is 0 Å². The highest BCUT2D eigenvalue weighted by Gasteiger charge is 1.95. The Labute approximate surface area is 89.3 Å². The molecule has 0 spiro atoms. The van der Waals surface area contributed by atoms with Crippen molar-refractivity contribution in [3.8, 4) is 0 Å². The monoisotopic (exact) mass is 221 g/mol. The Kier molecular flexibility index (Phi) is 6.08. The quantitative estimate of drug-likeness (QED) is 0.768. The summed E-state index contributed by atoms with van der Waals surface area (Å²) < 4.78 is 0. The van der Waals surface area contributed by atoms with Gasteiger partial charge in [0.05, 0.1) is 0 Å². The molecule has 0 radical (unpaired) electrons. The fraction of sp³-hybridized carbons (Fsp3) is 0.333. The molecular weight excluding hydrogens is 209 g/mol. The Balaban J connectivity index is 0.00000144. The molecule has 0 aliphatic rings. The zero-order valence-electron chi connectivity index (χ0n) is 7.33. The van der Waals surface area contributed by atoms with E-state index in [4.69, 9.17) is 16.7 Å². The molecule has 0 heterocycles. The number of rotatable bonds is 3. The van der Waals surface area contributed by atoms with Crippen LogP contribution in [0.15, 0.2) is 24.3 Å². The molecule has 1 atom stereocenters. The van der Waals surface area contributed by atoms with E-state index in [-0.39, 0.29) is 12.4 Å². The van der Waals surface area contributed by atoms with E-state index in [0.29, 0.717) is 6.54 Å². The number of aliphatic hydroxyl groups excluding tert-OH is 1. The zero-order chi connectivity index (χ0) is 8.97. The molecule has 0 saturated carbocycles. The molecule has 1 unspecified atom stereocenters. The van der Waals surface area contributed by atoms with Crippen molar-refractivity contribution in [1.29, 1.82) is 0 Å². The van der Waals surface area contributed by atoms with Crippen LogP contribution >= 0.6 is 24.0 Å². The van der Waals surface area contributed by atoms with Gasteiger partial charge in [-0.2, -0.15) is 0 Å². The van der Waals surface area contributed by atoms with Crippen LogP contribution in [-0.2, 0) is 6.54 Å². The van der Waals surface area contributed by atoms with Crippen LogP contribution in [0.3, 0.4) is 0 Å². The maximum Gasteiger partial charge on any atom is 0.102 e. The van der Waals surface area contributed by atoms with Crippen molar-refractivity contribution in [2.45, 2.75) is 19.7 Å². The van der Waals surface area contributed by atoms with Crippen LogP contribution in [0.5, 0.6) is 0 Å². The van der Waals surface area contributed by atoms with Crippen LogP contribution < -0.4 is 5.32 Å². The van der Waals surface area contributed by atoms with Crippen molar-refractivity contribution in [3.05, 3.63) is 34.9 Å². The zero-order valence-corrected chi connectivity index (χ0v) is 8.90. The number of hydrogen-bond acceptors (Lipinski definition) is 2. The molecule has 0 bridgehead atoms. The van der Waals surface area contributed by atoms with Gasteiger partial charge < -0.3 is 5.11 Å².